The molecule has 0 aliphatic heterocycles. The molecule has 0 nitrogen and oxygen atoms in total. The molecule has 0 unspecified atom stereocenters. The van der Waals surface area contributed by atoms with Gasteiger partial charge in [-0.25, -0.2) is 0 Å². The van der Waals surface area contributed by atoms with Crippen LogP contribution in [0.1, 0.15) is 52.4 Å². The Morgan fingerprint density at radius 2 is 1.36 bits per heavy atom. The first-order chi connectivity index (χ1) is 5.41. The number of unbranched alkanes of at least 4 members (excludes halogenated alkanes) is 4. The van der Waals surface area contributed by atoms with Crippen molar-refractivity contribution in [1.29, 1.82) is 0 Å². The van der Waals surface area contributed by atoms with Crippen molar-refractivity contribution in [2.45, 2.75) is 64.5 Å². The zero-order valence-electron chi connectivity index (χ0n) is 8.36. The van der Waals surface area contributed by atoms with Crippen molar-refractivity contribution in [3.63, 3.8) is 0 Å². The smallest absolute Gasteiger partial charge is 0.0197 e. The fraction of sp³-hybridized carbons (Fsp3) is 1.00. The quantitative estimate of drug-likeness (QED) is 0.389. The molecule has 68 valence electrons. The van der Waals surface area contributed by atoms with E-state index in [4.69, 9.17) is 0 Å². The molecule has 0 aliphatic rings. The van der Waals surface area contributed by atoms with Crippen molar-refractivity contribution in [2.24, 2.45) is 0 Å². The van der Waals surface area contributed by atoms with E-state index in [0.717, 1.165) is 0 Å². The minimum absolute atomic E-state index is 0.372. The standard InChI is InChI=1S/C10H24Si/c1-3-5-7-8-10-11-9-6-4-2/h3-11H2,1-2H3. The van der Waals surface area contributed by atoms with Crippen molar-refractivity contribution in [2.75, 3.05) is 0 Å². The van der Waals surface area contributed by atoms with Gasteiger partial charge in [0.05, 0.1) is 0 Å². The molecule has 0 fully saturated rings. The lowest BCUT2D eigenvalue weighted by atomic mass is 10.2. The average Bonchev–Trinajstić information content (AvgIpc) is 2.03. The summed E-state index contributed by atoms with van der Waals surface area (Å²) >= 11 is 0. The van der Waals surface area contributed by atoms with Crippen LogP contribution in [0, 0.1) is 0 Å². The molecule has 0 radical (unpaired) electrons. The summed E-state index contributed by atoms with van der Waals surface area (Å²) < 4.78 is 0. The summed E-state index contributed by atoms with van der Waals surface area (Å²) in [5, 5.41) is 0. The third-order valence-electron chi connectivity index (χ3n) is 2.21. The van der Waals surface area contributed by atoms with Gasteiger partial charge in [0.25, 0.3) is 0 Å². The van der Waals surface area contributed by atoms with Crippen LogP contribution in [0.4, 0.5) is 0 Å². The monoisotopic (exact) mass is 172 g/mol. The fourth-order valence-corrected chi connectivity index (χ4v) is 3.30. The summed E-state index contributed by atoms with van der Waals surface area (Å²) in [7, 11) is 0.372. The topological polar surface area (TPSA) is 0 Å². The highest BCUT2D eigenvalue weighted by Gasteiger charge is 1.89. The van der Waals surface area contributed by atoms with Gasteiger partial charge < -0.3 is 0 Å². The van der Waals surface area contributed by atoms with Gasteiger partial charge in [0, 0.05) is 9.52 Å². The first-order valence-electron chi connectivity index (χ1n) is 5.41. The predicted molar refractivity (Wildman–Crippen MR) is 57.2 cm³/mol. The Morgan fingerprint density at radius 3 is 2.00 bits per heavy atom. The van der Waals surface area contributed by atoms with Crippen LogP contribution in [0.25, 0.3) is 0 Å². The second-order valence-corrected chi connectivity index (χ2v) is 5.60. The van der Waals surface area contributed by atoms with Crippen LogP contribution in [0.15, 0.2) is 0 Å². The molecule has 0 atom stereocenters. The first-order valence-corrected chi connectivity index (χ1v) is 7.41. The number of hydrogen-bond donors (Lipinski definition) is 0. The van der Waals surface area contributed by atoms with E-state index in [2.05, 4.69) is 13.8 Å². The third kappa shape index (κ3) is 10.2. The van der Waals surface area contributed by atoms with Gasteiger partial charge >= 0.3 is 0 Å². The van der Waals surface area contributed by atoms with E-state index in [-0.39, 0.29) is 0 Å². The molecule has 0 aromatic rings. The zero-order chi connectivity index (χ0) is 8.36. The predicted octanol–water partition coefficient (Wildman–Crippen LogP) is 3.37. The lowest BCUT2D eigenvalue weighted by Gasteiger charge is -1.98. The molecule has 0 N–H and O–H groups in total. The molecule has 0 amide bonds. The summed E-state index contributed by atoms with van der Waals surface area (Å²) in [4.78, 5) is 0. The maximum Gasteiger partial charge on any atom is 0.0197 e. The molecule has 0 saturated heterocycles. The Balaban J connectivity index is 2.69. The second kappa shape index (κ2) is 10.2. The SMILES string of the molecule is CCCCCC[SiH2]CCCC. The lowest BCUT2D eigenvalue weighted by molar-refractivity contribution is 0.699. The van der Waals surface area contributed by atoms with Crippen LogP contribution in [0.5, 0.6) is 0 Å². The molecule has 0 bridgehead atoms. The maximum atomic E-state index is 2.30. The molecule has 1 heteroatoms. The second-order valence-electron chi connectivity index (χ2n) is 3.47. The molecule has 0 aromatic heterocycles. The number of rotatable bonds is 8. The highest BCUT2D eigenvalue weighted by Crippen LogP contribution is 2.04. The van der Waals surface area contributed by atoms with E-state index in [1.807, 2.05) is 0 Å². The zero-order valence-corrected chi connectivity index (χ0v) is 9.78. The average molecular weight is 172 g/mol. The minimum atomic E-state index is 0.372. The summed E-state index contributed by atoms with van der Waals surface area (Å²) in [5.74, 6) is 0. The van der Waals surface area contributed by atoms with Crippen molar-refractivity contribution < 1.29 is 0 Å². The fourth-order valence-electron chi connectivity index (χ4n) is 1.38. The highest BCUT2D eigenvalue weighted by atomic mass is 28.2. The molecular formula is C10H24Si. The summed E-state index contributed by atoms with van der Waals surface area (Å²) in [6, 6.07) is 3.21. The molecule has 0 saturated carbocycles. The largest absolute Gasteiger partial charge is 0.0654 e. The van der Waals surface area contributed by atoms with Gasteiger partial charge in [0.2, 0.25) is 0 Å². The van der Waals surface area contributed by atoms with E-state index < -0.39 is 0 Å². The van der Waals surface area contributed by atoms with Crippen LogP contribution in [-0.4, -0.2) is 9.52 Å². The first kappa shape index (κ1) is 11.2. The van der Waals surface area contributed by atoms with E-state index >= 15 is 0 Å². The van der Waals surface area contributed by atoms with Gasteiger partial charge in [-0.1, -0.05) is 64.5 Å². The van der Waals surface area contributed by atoms with Gasteiger partial charge in [0.15, 0.2) is 0 Å². The molecule has 0 aliphatic carbocycles. The molecule has 0 heterocycles. The van der Waals surface area contributed by atoms with E-state index in [0.29, 0.717) is 9.52 Å². The van der Waals surface area contributed by atoms with Crippen LogP contribution in [0.2, 0.25) is 12.1 Å². The molecule has 11 heavy (non-hydrogen) atoms. The highest BCUT2D eigenvalue weighted by molar-refractivity contribution is 6.35. The Kier molecular flexibility index (Phi) is 10.4. The molecule has 0 spiro atoms. The van der Waals surface area contributed by atoms with Crippen molar-refractivity contribution in [3.8, 4) is 0 Å². The Bertz CT molecular complexity index is 53.9. The van der Waals surface area contributed by atoms with Gasteiger partial charge in [-0.05, 0) is 0 Å². The third-order valence-corrected chi connectivity index (χ3v) is 4.21. The van der Waals surface area contributed by atoms with Gasteiger partial charge in [0.1, 0.15) is 0 Å². The lowest BCUT2D eigenvalue weighted by Crippen LogP contribution is -1.88. The summed E-state index contributed by atoms with van der Waals surface area (Å²) in [6.07, 6.45) is 8.78. The van der Waals surface area contributed by atoms with Gasteiger partial charge in [-0.15, -0.1) is 0 Å². The molecule has 0 rings (SSSR count). The van der Waals surface area contributed by atoms with Gasteiger partial charge in [-0.2, -0.15) is 0 Å². The van der Waals surface area contributed by atoms with Crippen molar-refractivity contribution >= 4 is 9.52 Å². The normalized spacial score (nSPS) is 11.5. The van der Waals surface area contributed by atoms with Crippen LogP contribution in [0.3, 0.4) is 0 Å². The number of hydrogen-bond acceptors (Lipinski definition) is 0. The molecular weight excluding hydrogens is 148 g/mol. The van der Waals surface area contributed by atoms with Crippen LogP contribution >= 0.6 is 0 Å². The van der Waals surface area contributed by atoms with Crippen molar-refractivity contribution in [3.05, 3.63) is 0 Å². The minimum Gasteiger partial charge on any atom is -0.0654 e. The van der Waals surface area contributed by atoms with E-state index in [1.54, 1.807) is 12.1 Å². The van der Waals surface area contributed by atoms with E-state index in [1.165, 1.54) is 38.5 Å². The maximum absolute atomic E-state index is 2.30. The summed E-state index contributed by atoms with van der Waals surface area (Å²) in [5.41, 5.74) is 0. The Hall–Kier alpha value is 0.217. The van der Waals surface area contributed by atoms with Gasteiger partial charge in [-0.3, -0.25) is 0 Å². The Morgan fingerprint density at radius 1 is 0.727 bits per heavy atom. The summed E-state index contributed by atoms with van der Waals surface area (Å²) in [6.45, 7) is 4.58. The molecule has 0 aromatic carbocycles. The van der Waals surface area contributed by atoms with Crippen LogP contribution < -0.4 is 0 Å². The van der Waals surface area contributed by atoms with Crippen molar-refractivity contribution in [1.82, 2.24) is 0 Å². The van der Waals surface area contributed by atoms with Crippen LogP contribution in [-0.2, 0) is 0 Å². The van der Waals surface area contributed by atoms with E-state index in [9.17, 15) is 0 Å². The Labute approximate surface area is 74.6 Å².